The van der Waals surface area contributed by atoms with E-state index in [2.05, 4.69) is 5.32 Å². The lowest BCUT2D eigenvalue weighted by atomic mass is 10.1. The van der Waals surface area contributed by atoms with Gasteiger partial charge in [0.05, 0.1) is 30.7 Å². The van der Waals surface area contributed by atoms with Crippen molar-refractivity contribution in [2.24, 2.45) is 5.92 Å². The third-order valence-corrected chi connectivity index (χ3v) is 4.82. The highest BCUT2D eigenvalue weighted by Crippen LogP contribution is 2.36. The van der Waals surface area contributed by atoms with Crippen LogP contribution < -0.4 is 19.7 Å². The number of nitro benzene ring substituents is 1. The molecule has 0 radical (unpaired) electrons. The Morgan fingerprint density at radius 2 is 1.97 bits per heavy atom. The highest BCUT2D eigenvalue weighted by molar-refractivity contribution is 6.01. The molecule has 0 saturated carbocycles. The lowest BCUT2D eigenvalue weighted by Gasteiger charge is -2.20. The summed E-state index contributed by atoms with van der Waals surface area (Å²) >= 11 is 0. The first-order chi connectivity index (χ1) is 15.3. The fourth-order valence-corrected chi connectivity index (χ4v) is 3.25. The van der Waals surface area contributed by atoms with Crippen molar-refractivity contribution in [3.63, 3.8) is 0 Å². The molecular weight excluding hydrogens is 422 g/mol. The van der Waals surface area contributed by atoms with Crippen LogP contribution in [0.3, 0.4) is 0 Å². The molecule has 2 aromatic carbocycles. The van der Waals surface area contributed by atoms with Crippen molar-refractivity contribution < 1.29 is 33.5 Å². The highest BCUT2D eigenvalue weighted by atomic mass is 16.6. The Bertz CT molecular complexity index is 1060. The number of nitro groups is 1. The molecule has 11 nitrogen and oxygen atoms in total. The zero-order chi connectivity index (χ0) is 23.3. The van der Waals surface area contributed by atoms with Gasteiger partial charge in [-0.2, -0.15) is 0 Å². The van der Waals surface area contributed by atoms with Crippen LogP contribution in [0.5, 0.6) is 11.5 Å². The predicted molar refractivity (Wildman–Crippen MR) is 113 cm³/mol. The number of carbonyl (C=O) groups is 3. The van der Waals surface area contributed by atoms with E-state index in [4.69, 9.17) is 14.2 Å². The summed E-state index contributed by atoms with van der Waals surface area (Å²) in [7, 11) is 2.97. The molecule has 1 N–H and O–H groups in total. The number of rotatable bonds is 8. The molecule has 3 rings (SSSR count). The summed E-state index contributed by atoms with van der Waals surface area (Å²) in [6.07, 6.45) is -0.0777. The molecule has 32 heavy (non-hydrogen) atoms. The minimum Gasteiger partial charge on any atom is -0.497 e. The van der Waals surface area contributed by atoms with Crippen LogP contribution in [0.2, 0.25) is 0 Å². The summed E-state index contributed by atoms with van der Waals surface area (Å²) in [6, 6.07) is 10.4. The van der Waals surface area contributed by atoms with Crippen LogP contribution in [0.25, 0.3) is 0 Å². The van der Waals surface area contributed by atoms with Crippen molar-refractivity contribution in [3.8, 4) is 11.5 Å². The molecule has 1 saturated heterocycles. The number of nitrogens with zero attached hydrogens (tertiary/aromatic N) is 2. The Morgan fingerprint density at radius 1 is 1.19 bits per heavy atom. The zero-order valence-corrected chi connectivity index (χ0v) is 17.4. The molecule has 168 valence electrons. The van der Waals surface area contributed by atoms with Gasteiger partial charge in [0.1, 0.15) is 11.5 Å². The first-order valence-corrected chi connectivity index (χ1v) is 9.55. The van der Waals surface area contributed by atoms with Crippen LogP contribution in [-0.4, -0.2) is 50.1 Å². The first-order valence-electron chi connectivity index (χ1n) is 9.55. The highest BCUT2D eigenvalue weighted by Gasteiger charge is 2.37. The molecule has 0 aliphatic carbocycles. The van der Waals surface area contributed by atoms with Crippen LogP contribution in [0.4, 0.5) is 17.1 Å². The number of nitrogens with one attached hydrogen (secondary N) is 1. The maximum absolute atomic E-state index is 12.5. The minimum absolute atomic E-state index is 0.0632. The second-order valence-corrected chi connectivity index (χ2v) is 6.91. The van der Waals surface area contributed by atoms with Crippen LogP contribution in [0.15, 0.2) is 42.5 Å². The Morgan fingerprint density at radius 3 is 2.66 bits per heavy atom. The maximum Gasteiger partial charge on any atom is 0.311 e. The van der Waals surface area contributed by atoms with Gasteiger partial charge in [-0.05, 0) is 18.2 Å². The van der Waals surface area contributed by atoms with Gasteiger partial charge in [-0.25, -0.2) is 0 Å². The van der Waals surface area contributed by atoms with E-state index in [-0.39, 0.29) is 30.2 Å². The van der Waals surface area contributed by atoms with Crippen molar-refractivity contribution in [2.75, 3.05) is 37.6 Å². The number of methoxy groups -OCH3 is 2. The number of amides is 2. The van der Waals surface area contributed by atoms with Gasteiger partial charge in [0.25, 0.3) is 11.6 Å². The van der Waals surface area contributed by atoms with Gasteiger partial charge in [0, 0.05) is 36.9 Å². The van der Waals surface area contributed by atoms with Crippen molar-refractivity contribution in [3.05, 3.63) is 52.6 Å². The van der Waals surface area contributed by atoms with E-state index in [0.29, 0.717) is 17.2 Å². The normalized spacial score (nSPS) is 15.2. The number of benzene rings is 2. The topological polar surface area (TPSA) is 137 Å². The molecule has 1 heterocycles. The zero-order valence-electron chi connectivity index (χ0n) is 17.4. The average Bonchev–Trinajstić information content (AvgIpc) is 3.18. The van der Waals surface area contributed by atoms with Gasteiger partial charge in [-0.3, -0.25) is 24.5 Å². The van der Waals surface area contributed by atoms with E-state index in [1.165, 1.54) is 43.4 Å². The molecular formula is C21H21N3O8. The molecule has 1 aliphatic rings. The van der Waals surface area contributed by atoms with Gasteiger partial charge in [-0.1, -0.05) is 6.07 Å². The molecule has 1 atom stereocenters. The van der Waals surface area contributed by atoms with E-state index in [0.717, 1.165) is 0 Å². The first kappa shape index (κ1) is 22.5. The van der Waals surface area contributed by atoms with Gasteiger partial charge in [-0.15, -0.1) is 0 Å². The van der Waals surface area contributed by atoms with Crippen LogP contribution >= 0.6 is 0 Å². The Hall–Kier alpha value is -4.15. The van der Waals surface area contributed by atoms with E-state index in [1.54, 1.807) is 18.2 Å². The minimum atomic E-state index is -0.760. The van der Waals surface area contributed by atoms with Gasteiger partial charge < -0.3 is 24.4 Å². The summed E-state index contributed by atoms with van der Waals surface area (Å²) in [4.78, 5) is 48.6. The third-order valence-electron chi connectivity index (χ3n) is 4.82. The quantitative estimate of drug-likeness (QED) is 0.372. The predicted octanol–water partition coefficient (Wildman–Crippen LogP) is 2.15. The van der Waals surface area contributed by atoms with Gasteiger partial charge in [0.2, 0.25) is 5.91 Å². The SMILES string of the molecule is COc1ccc(OC)c(N2C[C@@H](C(=O)OCC(=O)Nc3cccc([N+](=O)[O-])c3)CC2=O)c1. The second-order valence-electron chi connectivity index (χ2n) is 6.91. The summed E-state index contributed by atoms with van der Waals surface area (Å²) in [5.41, 5.74) is 0.487. The molecule has 11 heteroatoms. The van der Waals surface area contributed by atoms with Crippen LogP contribution in [-0.2, 0) is 19.1 Å². The van der Waals surface area contributed by atoms with Crippen molar-refractivity contribution in [2.45, 2.75) is 6.42 Å². The second kappa shape index (κ2) is 9.77. The standard InChI is InChI=1S/C21H21N3O8/c1-30-16-6-7-18(31-2)17(10-16)23-11-13(8-20(23)26)21(27)32-12-19(25)22-14-4-3-5-15(9-14)24(28)29/h3-7,9-10,13H,8,11-12H2,1-2H3,(H,22,25)/t13-/m0/s1. The number of ether oxygens (including phenoxy) is 3. The molecule has 1 fully saturated rings. The smallest absolute Gasteiger partial charge is 0.311 e. The summed E-state index contributed by atoms with van der Waals surface area (Å²) in [5.74, 6) is -1.43. The number of anilines is 2. The average molecular weight is 443 g/mol. The number of non-ortho nitro benzene ring substituents is 1. The molecule has 0 unspecified atom stereocenters. The number of hydrogen-bond donors (Lipinski definition) is 1. The van der Waals surface area contributed by atoms with Crippen molar-refractivity contribution in [1.82, 2.24) is 0 Å². The van der Waals surface area contributed by atoms with E-state index in [1.807, 2.05) is 0 Å². The van der Waals surface area contributed by atoms with E-state index < -0.39 is 29.3 Å². The summed E-state index contributed by atoms with van der Waals surface area (Å²) in [6.45, 7) is -0.525. The molecule has 2 amide bonds. The number of hydrogen-bond acceptors (Lipinski definition) is 8. The summed E-state index contributed by atoms with van der Waals surface area (Å²) in [5, 5.41) is 13.2. The third kappa shape index (κ3) is 5.12. The van der Waals surface area contributed by atoms with Crippen molar-refractivity contribution >= 4 is 34.8 Å². The summed E-state index contributed by atoms with van der Waals surface area (Å²) < 4.78 is 15.5. The fraction of sp³-hybridized carbons (Fsp3) is 0.286. The molecule has 2 aromatic rings. The van der Waals surface area contributed by atoms with Crippen LogP contribution in [0.1, 0.15) is 6.42 Å². The number of carbonyl (C=O) groups excluding carboxylic acids is 3. The largest absolute Gasteiger partial charge is 0.497 e. The Kier molecular flexibility index (Phi) is 6.88. The molecule has 0 aromatic heterocycles. The van der Waals surface area contributed by atoms with Crippen molar-refractivity contribution in [1.29, 1.82) is 0 Å². The lowest BCUT2D eigenvalue weighted by Crippen LogP contribution is -2.28. The maximum atomic E-state index is 12.5. The van der Waals surface area contributed by atoms with Gasteiger partial charge >= 0.3 is 5.97 Å². The Labute approximate surface area is 183 Å². The van der Waals surface area contributed by atoms with E-state index in [9.17, 15) is 24.5 Å². The monoisotopic (exact) mass is 443 g/mol. The Balaban J connectivity index is 1.59. The fourth-order valence-electron chi connectivity index (χ4n) is 3.25. The molecule has 0 spiro atoms. The lowest BCUT2D eigenvalue weighted by molar-refractivity contribution is -0.384. The molecule has 0 bridgehead atoms. The molecule has 1 aliphatic heterocycles. The van der Waals surface area contributed by atoms with Crippen LogP contribution in [0, 0.1) is 16.0 Å². The number of esters is 1. The van der Waals surface area contributed by atoms with Gasteiger partial charge in [0.15, 0.2) is 6.61 Å². The van der Waals surface area contributed by atoms with E-state index >= 15 is 0 Å².